The second kappa shape index (κ2) is 11.4. The van der Waals surface area contributed by atoms with Gasteiger partial charge in [-0.25, -0.2) is 0 Å². The molecule has 0 unspecified atom stereocenters. The average molecular weight is 336 g/mol. The van der Waals surface area contributed by atoms with Crippen LogP contribution in [0.3, 0.4) is 0 Å². The van der Waals surface area contributed by atoms with Gasteiger partial charge in [-0.3, -0.25) is 0 Å². The van der Waals surface area contributed by atoms with Crippen molar-refractivity contribution in [2.45, 2.75) is 31.7 Å². The van der Waals surface area contributed by atoms with Crippen molar-refractivity contribution in [1.29, 1.82) is 0 Å². The summed E-state index contributed by atoms with van der Waals surface area (Å²) in [7, 11) is 2.02. The number of nitrogens with zero attached hydrogens (tertiary/aromatic N) is 1. The van der Waals surface area contributed by atoms with Crippen molar-refractivity contribution in [1.82, 2.24) is 10.2 Å². The summed E-state index contributed by atoms with van der Waals surface area (Å²) in [6, 6.07) is 8.74. The first-order valence-corrected chi connectivity index (χ1v) is 9.14. The molecular formula is C19H32N2O3. The fraction of sp³-hybridized carbons (Fsp3) is 0.684. The highest BCUT2D eigenvalue weighted by molar-refractivity contribution is 5.29. The Kier molecular flexibility index (Phi) is 9.13. The number of aliphatic hydroxyl groups excluding tert-OH is 1. The maximum absolute atomic E-state index is 8.69. The molecule has 0 radical (unpaired) electrons. The normalized spacial score (nSPS) is 15.9. The lowest BCUT2D eigenvalue weighted by molar-refractivity contribution is 0.0963. The van der Waals surface area contributed by atoms with Crippen molar-refractivity contribution >= 4 is 0 Å². The molecule has 2 N–H and O–H groups in total. The molecule has 136 valence electrons. The number of hydrogen-bond acceptors (Lipinski definition) is 5. The van der Waals surface area contributed by atoms with Gasteiger partial charge < -0.3 is 24.8 Å². The highest BCUT2D eigenvalue weighted by Crippen LogP contribution is 2.20. The molecule has 0 aliphatic carbocycles. The van der Waals surface area contributed by atoms with Gasteiger partial charge in [-0.1, -0.05) is 12.1 Å². The Balaban J connectivity index is 1.62. The summed E-state index contributed by atoms with van der Waals surface area (Å²) in [4.78, 5) is 2.48. The van der Waals surface area contributed by atoms with Crippen molar-refractivity contribution in [2.24, 2.45) is 0 Å². The van der Waals surface area contributed by atoms with Crippen LogP contribution in [0.15, 0.2) is 24.3 Å². The summed E-state index contributed by atoms with van der Waals surface area (Å²) in [6.07, 6.45) is 4.20. The Labute approximate surface area is 146 Å². The molecule has 0 aromatic heterocycles. The average Bonchev–Trinajstić information content (AvgIpc) is 2.57. The third-order valence-corrected chi connectivity index (χ3v) is 4.46. The molecule has 1 saturated heterocycles. The molecule has 0 saturated carbocycles. The van der Waals surface area contributed by atoms with E-state index in [0.29, 0.717) is 19.3 Å². The number of aliphatic hydroxyl groups is 1. The second-order valence-electron chi connectivity index (χ2n) is 6.31. The summed E-state index contributed by atoms with van der Waals surface area (Å²) < 4.78 is 11.2. The molecule has 1 aromatic carbocycles. The van der Waals surface area contributed by atoms with Crippen LogP contribution in [0.2, 0.25) is 0 Å². The zero-order valence-electron chi connectivity index (χ0n) is 14.9. The third-order valence-electron chi connectivity index (χ3n) is 4.46. The SMILES string of the molecule is CN[C@H](CN1CCC1)c1ccc(OCCOCCCCCO)cc1. The van der Waals surface area contributed by atoms with Gasteiger partial charge >= 0.3 is 0 Å². The number of likely N-dealkylation sites (tertiary alicyclic amines) is 1. The van der Waals surface area contributed by atoms with E-state index in [0.717, 1.165) is 38.2 Å². The number of unbranched alkanes of at least 4 members (excludes halogenated alkanes) is 2. The smallest absolute Gasteiger partial charge is 0.119 e. The summed E-state index contributed by atoms with van der Waals surface area (Å²) in [5.74, 6) is 0.890. The van der Waals surface area contributed by atoms with E-state index in [1.165, 1.54) is 25.1 Å². The largest absolute Gasteiger partial charge is 0.491 e. The van der Waals surface area contributed by atoms with Crippen LogP contribution in [-0.4, -0.2) is 63.1 Å². The van der Waals surface area contributed by atoms with Crippen molar-refractivity contribution in [2.75, 3.05) is 53.1 Å². The number of ether oxygens (including phenoxy) is 2. The molecule has 0 spiro atoms. The van der Waals surface area contributed by atoms with Crippen LogP contribution in [0, 0.1) is 0 Å². The number of likely N-dealkylation sites (N-methyl/N-ethyl adjacent to an activating group) is 1. The third kappa shape index (κ3) is 6.77. The predicted octanol–water partition coefficient (Wildman–Crippen LogP) is 2.21. The van der Waals surface area contributed by atoms with Gasteiger partial charge in [0, 0.05) is 25.8 Å². The predicted molar refractivity (Wildman–Crippen MR) is 96.6 cm³/mol. The molecule has 1 atom stereocenters. The Morgan fingerprint density at radius 2 is 1.88 bits per heavy atom. The zero-order chi connectivity index (χ0) is 17.0. The highest BCUT2D eigenvalue weighted by Gasteiger charge is 2.19. The van der Waals surface area contributed by atoms with Crippen LogP contribution >= 0.6 is 0 Å². The number of rotatable bonds is 13. The van der Waals surface area contributed by atoms with Crippen molar-refractivity contribution in [3.63, 3.8) is 0 Å². The molecule has 5 nitrogen and oxygen atoms in total. The monoisotopic (exact) mass is 336 g/mol. The van der Waals surface area contributed by atoms with Crippen LogP contribution in [-0.2, 0) is 4.74 Å². The van der Waals surface area contributed by atoms with E-state index in [2.05, 4.69) is 22.3 Å². The van der Waals surface area contributed by atoms with Crippen LogP contribution in [0.4, 0.5) is 0 Å². The molecule has 5 heteroatoms. The molecular weight excluding hydrogens is 304 g/mol. The lowest BCUT2D eigenvalue weighted by Crippen LogP contribution is -2.42. The number of hydrogen-bond donors (Lipinski definition) is 2. The van der Waals surface area contributed by atoms with Crippen LogP contribution in [0.25, 0.3) is 0 Å². The lowest BCUT2D eigenvalue weighted by atomic mass is 10.0. The zero-order valence-corrected chi connectivity index (χ0v) is 14.9. The molecule has 24 heavy (non-hydrogen) atoms. The van der Waals surface area contributed by atoms with E-state index < -0.39 is 0 Å². The second-order valence-corrected chi connectivity index (χ2v) is 6.31. The van der Waals surface area contributed by atoms with E-state index >= 15 is 0 Å². The van der Waals surface area contributed by atoms with Crippen molar-refractivity contribution in [3.8, 4) is 5.75 Å². The van der Waals surface area contributed by atoms with E-state index in [4.69, 9.17) is 14.6 Å². The topological polar surface area (TPSA) is 54.0 Å². The molecule has 1 heterocycles. The van der Waals surface area contributed by atoms with Crippen molar-refractivity contribution < 1.29 is 14.6 Å². The molecule has 1 fully saturated rings. The minimum Gasteiger partial charge on any atom is -0.491 e. The van der Waals surface area contributed by atoms with Gasteiger partial charge in [0.1, 0.15) is 12.4 Å². The van der Waals surface area contributed by atoms with E-state index in [1.54, 1.807) is 0 Å². The molecule has 1 aliphatic rings. The van der Waals surface area contributed by atoms with Gasteiger partial charge in [0.15, 0.2) is 0 Å². The Morgan fingerprint density at radius 1 is 1.08 bits per heavy atom. The van der Waals surface area contributed by atoms with Gasteiger partial charge in [0.05, 0.1) is 6.61 Å². The van der Waals surface area contributed by atoms with E-state index in [-0.39, 0.29) is 6.61 Å². The summed E-state index contributed by atoms with van der Waals surface area (Å²) in [5, 5.41) is 12.1. The quantitative estimate of drug-likeness (QED) is 0.541. The molecule has 2 rings (SSSR count). The minimum absolute atomic E-state index is 0.269. The first-order chi connectivity index (χ1) is 11.8. The van der Waals surface area contributed by atoms with Gasteiger partial charge in [0.25, 0.3) is 0 Å². The summed E-state index contributed by atoms with van der Waals surface area (Å²) in [5.41, 5.74) is 1.30. The fourth-order valence-electron chi connectivity index (χ4n) is 2.80. The van der Waals surface area contributed by atoms with E-state index in [1.807, 2.05) is 19.2 Å². The van der Waals surface area contributed by atoms with Crippen LogP contribution < -0.4 is 10.1 Å². The fourth-order valence-corrected chi connectivity index (χ4v) is 2.80. The van der Waals surface area contributed by atoms with Crippen LogP contribution in [0.1, 0.15) is 37.3 Å². The number of benzene rings is 1. The highest BCUT2D eigenvalue weighted by atomic mass is 16.5. The summed E-state index contributed by atoms with van der Waals surface area (Å²) in [6.45, 7) is 5.70. The molecule has 0 amide bonds. The first-order valence-electron chi connectivity index (χ1n) is 9.14. The van der Waals surface area contributed by atoms with Gasteiger partial charge in [-0.15, -0.1) is 0 Å². The maximum atomic E-state index is 8.69. The van der Waals surface area contributed by atoms with E-state index in [9.17, 15) is 0 Å². The van der Waals surface area contributed by atoms with Crippen molar-refractivity contribution in [3.05, 3.63) is 29.8 Å². The summed E-state index contributed by atoms with van der Waals surface area (Å²) >= 11 is 0. The Bertz CT molecular complexity index is 435. The molecule has 1 aliphatic heterocycles. The number of nitrogens with one attached hydrogen (secondary N) is 1. The Morgan fingerprint density at radius 3 is 2.50 bits per heavy atom. The first kappa shape index (κ1) is 19.2. The Hall–Kier alpha value is -1.14. The van der Waals surface area contributed by atoms with Gasteiger partial charge in [-0.05, 0) is 63.5 Å². The lowest BCUT2D eigenvalue weighted by Gasteiger charge is -2.34. The van der Waals surface area contributed by atoms with Gasteiger partial charge in [-0.2, -0.15) is 0 Å². The van der Waals surface area contributed by atoms with Gasteiger partial charge in [0.2, 0.25) is 0 Å². The standard InChI is InChI=1S/C19H32N2O3/c1-20-19(16-21-10-5-11-21)17-6-8-18(9-7-17)24-15-14-23-13-4-2-3-12-22/h6-9,19-20,22H,2-5,10-16H2,1H3/t19-/m1/s1. The molecule has 1 aromatic rings. The maximum Gasteiger partial charge on any atom is 0.119 e. The minimum atomic E-state index is 0.269. The molecule has 0 bridgehead atoms. The van der Waals surface area contributed by atoms with Crippen LogP contribution in [0.5, 0.6) is 5.75 Å².